The van der Waals surface area contributed by atoms with Gasteiger partial charge in [-0.1, -0.05) is 18.2 Å². The van der Waals surface area contributed by atoms with Gasteiger partial charge >= 0.3 is 0 Å². The Hall–Kier alpha value is -1.86. The summed E-state index contributed by atoms with van der Waals surface area (Å²) in [7, 11) is 0. The molecule has 1 amide bonds. The van der Waals surface area contributed by atoms with Crippen LogP contribution >= 0.6 is 11.3 Å². The summed E-state index contributed by atoms with van der Waals surface area (Å²) in [5, 5.41) is 14.8. The van der Waals surface area contributed by atoms with E-state index in [9.17, 15) is 4.79 Å². The second-order valence-corrected chi connectivity index (χ2v) is 5.20. The fraction of sp³-hybridized carbons (Fsp3) is 0.231. The number of nitrogens with one attached hydrogen (secondary N) is 1. The number of carbonyl (C=O) groups excluding carboxylic acids is 1. The fourth-order valence-corrected chi connectivity index (χ4v) is 2.72. The number of nitriles is 1. The molecule has 3 nitrogen and oxygen atoms in total. The Balaban J connectivity index is 1.91. The molecular weight excluding hydrogens is 232 g/mol. The minimum Gasteiger partial charge on any atom is -0.323 e. The molecule has 84 valence electrons. The highest BCUT2D eigenvalue weighted by molar-refractivity contribution is 7.17. The average Bonchev–Trinajstić information content (AvgIpc) is 3.07. The first-order valence-electron chi connectivity index (χ1n) is 5.44. The third kappa shape index (κ3) is 1.60. The van der Waals surface area contributed by atoms with Crippen LogP contribution < -0.4 is 5.32 Å². The van der Waals surface area contributed by atoms with Crippen molar-refractivity contribution < 1.29 is 4.79 Å². The Morgan fingerprint density at radius 1 is 1.41 bits per heavy atom. The summed E-state index contributed by atoms with van der Waals surface area (Å²) < 4.78 is 1.14. The number of anilines is 1. The van der Waals surface area contributed by atoms with Gasteiger partial charge in [-0.3, -0.25) is 4.79 Å². The van der Waals surface area contributed by atoms with Gasteiger partial charge < -0.3 is 5.32 Å². The quantitative estimate of drug-likeness (QED) is 0.879. The minimum absolute atomic E-state index is 0.163. The van der Waals surface area contributed by atoms with Crippen molar-refractivity contribution in [3.05, 3.63) is 29.6 Å². The number of benzene rings is 1. The van der Waals surface area contributed by atoms with E-state index >= 15 is 0 Å². The standard InChI is InChI=1S/C13H10N2OS/c14-8-13(5-6-13)12(16)15-10-7-17-11-4-2-1-3-9(10)11/h1-4,7H,5-6H2,(H,15,16). The average molecular weight is 242 g/mol. The summed E-state index contributed by atoms with van der Waals surface area (Å²) in [4.78, 5) is 11.9. The number of hydrogen-bond donors (Lipinski definition) is 1. The van der Waals surface area contributed by atoms with Crippen molar-refractivity contribution in [1.82, 2.24) is 0 Å². The highest BCUT2D eigenvalue weighted by Crippen LogP contribution is 2.46. The van der Waals surface area contributed by atoms with Crippen molar-refractivity contribution in [2.24, 2.45) is 5.41 Å². The van der Waals surface area contributed by atoms with E-state index in [1.807, 2.05) is 29.6 Å². The lowest BCUT2D eigenvalue weighted by atomic mass is 10.1. The van der Waals surface area contributed by atoms with Crippen LogP contribution in [0.3, 0.4) is 0 Å². The Kier molecular flexibility index (Phi) is 2.17. The Labute approximate surface area is 103 Å². The molecule has 0 aliphatic heterocycles. The zero-order valence-electron chi connectivity index (χ0n) is 9.06. The third-order valence-corrected chi connectivity index (χ3v) is 4.09. The number of fused-ring (bicyclic) bond motifs is 1. The van der Waals surface area contributed by atoms with E-state index < -0.39 is 5.41 Å². The van der Waals surface area contributed by atoms with E-state index in [-0.39, 0.29) is 5.91 Å². The number of nitrogens with zero attached hydrogens (tertiary/aromatic N) is 1. The topological polar surface area (TPSA) is 52.9 Å². The molecular formula is C13H10N2OS. The number of amides is 1. The fourth-order valence-electron chi connectivity index (χ4n) is 1.83. The van der Waals surface area contributed by atoms with Gasteiger partial charge in [0.25, 0.3) is 0 Å². The van der Waals surface area contributed by atoms with E-state index in [1.54, 1.807) is 11.3 Å². The van der Waals surface area contributed by atoms with Crippen LogP contribution in [0.5, 0.6) is 0 Å². The molecule has 4 heteroatoms. The molecule has 1 aromatic carbocycles. The Bertz CT molecular complexity index is 634. The van der Waals surface area contributed by atoms with Crippen LogP contribution in [-0.4, -0.2) is 5.91 Å². The van der Waals surface area contributed by atoms with Crippen molar-refractivity contribution in [1.29, 1.82) is 5.26 Å². The van der Waals surface area contributed by atoms with Crippen molar-refractivity contribution in [2.45, 2.75) is 12.8 Å². The second kappa shape index (κ2) is 3.57. The molecule has 0 bridgehead atoms. The number of hydrogen-bond acceptors (Lipinski definition) is 3. The summed E-state index contributed by atoms with van der Waals surface area (Å²) in [6.07, 6.45) is 1.36. The van der Waals surface area contributed by atoms with E-state index in [2.05, 4.69) is 11.4 Å². The van der Waals surface area contributed by atoms with Crippen LogP contribution in [0.2, 0.25) is 0 Å². The van der Waals surface area contributed by atoms with Crippen LogP contribution in [0.1, 0.15) is 12.8 Å². The number of rotatable bonds is 2. The van der Waals surface area contributed by atoms with Crippen molar-refractivity contribution in [3.63, 3.8) is 0 Å². The summed E-state index contributed by atoms with van der Waals surface area (Å²) in [5.41, 5.74) is 0.0559. The molecule has 3 rings (SSSR count). The normalized spacial score (nSPS) is 16.4. The maximum absolute atomic E-state index is 11.9. The molecule has 1 aliphatic rings. The lowest BCUT2D eigenvalue weighted by molar-refractivity contribution is -0.119. The summed E-state index contributed by atoms with van der Waals surface area (Å²) in [6, 6.07) is 10.0. The van der Waals surface area contributed by atoms with Crippen molar-refractivity contribution in [2.75, 3.05) is 5.32 Å². The molecule has 17 heavy (non-hydrogen) atoms. The highest BCUT2D eigenvalue weighted by atomic mass is 32.1. The van der Waals surface area contributed by atoms with Crippen LogP contribution in [-0.2, 0) is 4.79 Å². The number of carbonyl (C=O) groups is 1. The summed E-state index contributed by atoms with van der Waals surface area (Å²) >= 11 is 1.60. The first-order valence-corrected chi connectivity index (χ1v) is 6.32. The van der Waals surface area contributed by atoms with Gasteiger partial charge in [-0.05, 0) is 18.9 Å². The monoisotopic (exact) mass is 242 g/mol. The lowest BCUT2D eigenvalue weighted by Gasteiger charge is -2.06. The molecule has 0 unspecified atom stereocenters. The Morgan fingerprint density at radius 3 is 2.88 bits per heavy atom. The predicted octanol–water partition coefficient (Wildman–Crippen LogP) is 3.14. The van der Waals surface area contributed by atoms with Crippen LogP contribution in [0.25, 0.3) is 10.1 Å². The zero-order chi connectivity index (χ0) is 11.9. The molecule has 1 N–H and O–H groups in total. The third-order valence-electron chi connectivity index (χ3n) is 3.13. The molecule has 0 spiro atoms. The van der Waals surface area contributed by atoms with Gasteiger partial charge in [0, 0.05) is 15.5 Å². The maximum Gasteiger partial charge on any atom is 0.244 e. The van der Waals surface area contributed by atoms with Crippen LogP contribution in [0, 0.1) is 16.7 Å². The van der Waals surface area contributed by atoms with Gasteiger partial charge in [-0.2, -0.15) is 5.26 Å². The van der Waals surface area contributed by atoms with Gasteiger partial charge in [-0.15, -0.1) is 11.3 Å². The number of thiophene rings is 1. The van der Waals surface area contributed by atoms with E-state index in [0.717, 1.165) is 15.8 Å². The summed E-state index contributed by atoms with van der Waals surface area (Å²) in [5.74, 6) is -0.163. The van der Waals surface area contributed by atoms with Crippen molar-refractivity contribution >= 4 is 33.0 Å². The molecule has 0 radical (unpaired) electrons. The molecule has 0 saturated heterocycles. The molecule has 1 fully saturated rings. The van der Waals surface area contributed by atoms with Crippen LogP contribution in [0.4, 0.5) is 5.69 Å². The van der Waals surface area contributed by atoms with Crippen molar-refractivity contribution in [3.8, 4) is 6.07 Å². The zero-order valence-corrected chi connectivity index (χ0v) is 9.88. The molecule has 1 aromatic heterocycles. The first-order chi connectivity index (χ1) is 8.25. The van der Waals surface area contributed by atoms with E-state index in [0.29, 0.717) is 12.8 Å². The first kappa shape index (κ1) is 10.3. The summed E-state index contributed by atoms with van der Waals surface area (Å²) in [6.45, 7) is 0. The Morgan fingerprint density at radius 2 is 2.18 bits per heavy atom. The van der Waals surface area contributed by atoms with Gasteiger partial charge in [0.1, 0.15) is 5.41 Å². The van der Waals surface area contributed by atoms with E-state index in [1.165, 1.54) is 0 Å². The maximum atomic E-state index is 11.9. The largest absolute Gasteiger partial charge is 0.323 e. The molecule has 1 aliphatic carbocycles. The second-order valence-electron chi connectivity index (χ2n) is 4.29. The molecule has 2 aromatic rings. The van der Waals surface area contributed by atoms with Gasteiger partial charge in [0.2, 0.25) is 5.91 Å². The van der Waals surface area contributed by atoms with Crippen LogP contribution in [0.15, 0.2) is 29.6 Å². The highest BCUT2D eigenvalue weighted by Gasteiger charge is 2.50. The lowest BCUT2D eigenvalue weighted by Crippen LogP contribution is -2.22. The smallest absolute Gasteiger partial charge is 0.244 e. The molecule has 0 atom stereocenters. The van der Waals surface area contributed by atoms with Gasteiger partial charge in [0.05, 0.1) is 11.8 Å². The van der Waals surface area contributed by atoms with E-state index in [4.69, 9.17) is 5.26 Å². The minimum atomic E-state index is -0.761. The molecule has 1 heterocycles. The SMILES string of the molecule is N#CC1(C(=O)Nc2csc3ccccc23)CC1. The predicted molar refractivity (Wildman–Crippen MR) is 67.7 cm³/mol. The molecule has 1 saturated carbocycles. The van der Waals surface area contributed by atoms with Gasteiger partial charge in [0.15, 0.2) is 0 Å². The van der Waals surface area contributed by atoms with Gasteiger partial charge in [-0.25, -0.2) is 0 Å².